The van der Waals surface area contributed by atoms with E-state index in [1.807, 2.05) is 0 Å². The molecule has 0 amide bonds. The number of methoxy groups -OCH3 is 1. The van der Waals surface area contributed by atoms with Crippen LogP contribution in [0.15, 0.2) is 12.1 Å². The Kier molecular flexibility index (Phi) is 3.94. The van der Waals surface area contributed by atoms with E-state index in [9.17, 15) is 24.4 Å². The van der Waals surface area contributed by atoms with Gasteiger partial charge in [-0.25, -0.2) is 9.18 Å². The van der Waals surface area contributed by atoms with Crippen LogP contribution in [0.4, 0.5) is 15.8 Å². The predicted molar refractivity (Wildman–Crippen MR) is 69.0 cm³/mol. The van der Waals surface area contributed by atoms with Gasteiger partial charge in [0.25, 0.3) is 0 Å². The van der Waals surface area contributed by atoms with Crippen LogP contribution in [0.1, 0.15) is 6.42 Å². The minimum atomic E-state index is -1.21. The van der Waals surface area contributed by atoms with Crippen molar-refractivity contribution in [2.24, 2.45) is 0 Å². The molecule has 0 aromatic heterocycles. The number of carbonyl (C=O) groups is 1. The molecule has 1 fully saturated rings. The number of aliphatic carboxylic acids is 1. The van der Waals surface area contributed by atoms with E-state index in [1.165, 1.54) is 7.11 Å². The summed E-state index contributed by atoms with van der Waals surface area (Å²) < 4.78 is 18.9. The van der Waals surface area contributed by atoms with E-state index in [-0.39, 0.29) is 24.4 Å². The molecule has 21 heavy (non-hydrogen) atoms. The number of rotatable bonds is 4. The fourth-order valence-electron chi connectivity index (χ4n) is 2.37. The molecule has 1 aliphatic heterocycles. The van der Waals surface area contributed by atoms with Gasteiger partial charge in [0.05, 0.1) is 29.9 Å². The van der Waals surface area contributed by atoms with Crippen LogP contribution in [0.2, 0.25) is 0 Å². The normalized spacial score (nSPS) is 21.4. The van der Waals surface area contributed by atoms with Crippen molar-refractivity contribution in [3.8, 4) is 5.75 Å². The van der Waals surface area contributed by atoms with Gasteiger partial charge in [-0.15, -0.1) is 0 Å². The first-order valence-electron chi connectivity index (χ1n) is 6.04. The highest BCUT2D eigenvalue weighted by Gasteiger charge is 2.38. The number of benzene rings is 1. The number of hydrogen-bond donors (Lipinski definition) is 2. The van der Waals surface area contributed by atoms with Crippen molar-refractivity contribution in [3.05, 3.63) is 28.1 Å². The zero-order chi connectivity index (χ0) is 15.7. The number of anilines is 1. The second kappa shape index (κ2) is 5.52. The molecule has 8 nitrogen and oxygen atoms in total. The molecule has 0 aliphatic carbocycles. The van der Waals surface area contributed by atoms with Gasteiger partial charge in [0, 0.05) is 19.0 Å². The molecule has 0 bridgehead atoms. The van der Waals surface area contributed by atoms with E-state index >= 15 is 0 Å². The number of hydrogen-bond acceptors (Lipinski definition) is 6. The number of nitro benzene ring substituents is 1. The lowest BCUT2D eigenvalue weighted by Gasteiger charge is -2.24. The Hall–Kier alpha value is -2.42. The smallest absolute Gasteiger partial charge is 0.326 e. The van der Waals surface area contributed by atoms with Crippen LogP contribution in [0.5, 0.6) is 5.75 Å². The second-order valence-corrected chi connectivity index (χ2v) is 4.63. The highest BCUT2D eigenvalue weighted by atomic mass is 19.1. The molecule has 1 heterocycles. The van der Waals surface area contributed by atoms with Gasteiger partial charge in [0.2, 0.25) is 0 Å². The van der Waals surface area contributed by atoms with Gasteiger partial charge >= 0.3 is 11.7 Å². The molecule has 0 radical (unpaired) electrons. The Balaban J connectivity index is 2.48. The Morgan fingerprint density at radius 1 is 1.57 bits per heavy atom. The first-order valence-corrected chi connectivity index (χ1v) is 6.04. The van der Waals surface area contributed by atoms with Gasteiger partial charge in [-0.1, -0.05) is 0 Å². The highest BCUT2D eigenvalue weighted by Crippen LogP contribution is 2.36. The molecule has 9 heteroatoms. The number of aliphatic hydroxyl groups is 1. The summed E-state index contributed by atoms with van der Waals surface area (Å²) in [6.07, 6.45) is -0.958. The summed E-state index contributed by atoms with van der Waals surface area (Å²) in [5.41, 5.74) is -0.702. The number of carboxylic acids is 1. The molecular weight excluding hydrogens is 287 g/mol. The summed E-state index contributed by atoms with van der Waals surface area (Å²) in [5, 5.41) is 29.5. The average Bonchev–Trinajstić information content (AvgIpc) is 2.80. The van der Waals surface area contributed by atoms with E-state index in [1.54, 1.807) is 0 Å². The number of carboxylic acid groups (broad SMARTS) is 1. The van der Waals surface area contributed by atoms with E-state index in [0.29, 0.717) is 6.07 Å². The Bertz CT molecular complexity index is 593. The maximum Gasteiger partial charge on any atom is 0.326 e. The number of aliphatic hydroxyl groups excluding tert-OH is 1. The summed E-state index contributed by atoms with van der Waals surface area (Å²) in [6, 6.07) is 0.653. The van der Waals surface area contributed by atoms with Crippen molar-refractivity contribution in [1.29, 1.82) is 0 Å². The van der Waals surface area contributed by atoms with Crippen LogP contribution in [-0.2, 0) is 4.79 Å². The van der Waals surface area contributed by atoms with Crippen molar-refractivity contribution in [2.45, 2.75) is 18.6 Å². The van der Waals surface area contributed by atoms with E-state index in [4.69, 9.17) is 9.84 Å². The fourth-order valence-corrected chi connectivity index (χ4v) is 2.37. The van der Waals surface area contributed by atoms with E-state index in [0.717, 1.165) is 11.0 Å². The molecule has 2 rings (SSSR count). The standard InChI is InChI=1S/C12H13FN2O6/c1-21-11-4-8(7(13)3-9(11)15(19)20)14-5-6(16)2-10(14)12(17)18/h3-4,6,10,16H,2,5H2,1H3,(H,17,18). The molecule has 2 N–H and O–H groups in total. The fraction of sp³-hybridized carbons (Fsp3) is 0.417. The molecule has 0 saturated carbocycles. The average molecular weight is 300 g/mol. The van der Waals surface area contributed by atoms with E-state index in [2.05, 4.69) is 0 Å². The maximum absolute atomic E-state index is 14.1. The highest BCUT2D eigenvalue weighted by molar-refractivity contribution is 5.80. The maximum atomic E-state index is 14.1. The van der Waals surface area contributed by atoms with Gasteiger partial charge < -0.3 is 19.8 Å². The summed E-state index contributed by atoms with van der Waals surface area (Å²) in [4.78, 5) is 22.3. The molecule has 1 saturated heterocycles. The van der Waals surface area contributed by atoms with Gasteiger partial charge in [-0.2, -0.15) is 0 Å². The Morgan fingerprint density at radius 2 is 2.24 bits per heavy atom. The van der Waals surface area contributed by atoms with Crippen LogP contribution >= 0.6 is 0 Å². The first kappa shape index (κ1) is 15.0. The molecular formula is C12H13FN2O6. The third-order valence-electron chi connectivity index (χ3n) is 3.32. The Labute approximate surface area is 118 Å². The lowest BCUT2D eigenvalue weighted by molar-refractivity contribution is -0.385. The van der Waals surface area contributed by atoms with Crippen LogP contribution in [0, 0.1) is 15.9 Å². The van der Waals surface area contributed by atoms with Gasteiger partial charge in [0.15, 0.2) is 11.6 Å². The molecule has 1 aliphatic rings. The van der Waals surface area contributed by atoms with Gasteiger partial charge in [-0.05, 0) is 0 Å². The van der Waals surface area contributed by atoms with Crippen molar-refractivity contribution in [1.82, 2.24) is 0 Å². The van der Waals surface area contributed by atoms with Crippen LogP contribution in [0.25, 0.3) is 0 Å². The van der Waals surface area contributed by atoms with Crippen molar-refractivity contribution in [3.63, 3.8) is 0 Å². The van der Waals surface area contributed by atoms with Gasteiger partial charge in [0.1, 0.15) is 6.04 Å². The summed E-state index contributed by atoms with van der Waals surface area (Å²) in [6.45, 7) is -0.0746. The minimum absolute atomic E-state index is 0.0475. The first-order chi connectivity index (χ1) is 9.85. The number of ether oxygens (including phenoxy) is 1. The van der Waals surface area contributed by atoms with Crippen LogP contribution < -0.4 is 9.64 Å². The third kappa shape index (κ3) is 2.72. The third-order valence-corrected chi connectivity index (χ3v) is 3.32. The number of β-amino-alcohol motifs (C(OH)–C–C–N with tert-alkyl or cyclic N) is 1. The molecule has 2 atom stereocenters. The molecule has 1 aromatic rings. The Morgan fingerprint density at radius 3 is 2.76 bits per heavy atom. The summed E-state index contributed by atoms with van der Waals surface area (Å²) in [7, 11) is 1.19. The molecule has 0 spiro atoms. The predicted octanol–water partition coefficient (Wildman–Crippen LogP) is 0.767. The molecule has 1 aromatic carbocycles. The molecule has 2 unspecified atom stereocenters. The number of halogens is 1. The number of nitro groups is 1. The number of nitrogens with zero attached hydrogens (tertiary/aromatic N) is 2. The van der Waals surface area contributed by atoms with Crippen LogP contribution in [0.3, 0.4) is 0 Å². The lowest BCUT2D eigenvalue weighted by Crippen LogP contribution is -2.36. The monoisotopic (exact) mass is 300 g/mol. The van der Waals surface area contributed by atoms with E-state index < -0.39 is 34.5 Å². The minimum Gasteiger partial charge on any atom is -0.490 e. The second-order valence-electron chi connectivity index (χ2n) is 4.63. The van der Waals surface area contributed by atoms with Crippen molar-refractivity contribution >= 4 is 17.3 Å². The summed E-state index contributed by atoms with van der Waals surface area (Å²) in [5.74, 6) is -2.33. The van der Waals surface area contributed by atoms with Crippen molar-refractivity contribution < 1.29 is 29.1 Å². The quantitative estimate of drug-likeness (QED) is 0.623. The summed E-state index contributed by atoms with van der Waals surface area (Å²) >= 11 is 0. The SMILES string of the molecule is COc1cc(N2CC(O)CC2C(=O)O)c(F)cc1[N+](=O)[O-]. The largest absolute Gasteiger partial charge is 0.490 e. The van der Waals surface area contributed by atoms with Gasteiger partial charge in [-0.3, -0.25) is 10.1 Å². The van der Waals surface area contributed by atoms with Crippen LogP contribution in [-0.4, -0.2) is 46.9 Å². The zero-order valence-corrected chi connectivity index (χ0v) is 11.0. The zero-order valence-electron chi connectivity index (χ0n) is 11.0. The molecule has 114 valence electrons. The van der Waals surface area contributed by atoms with Crippen molar-refractivity contribution in [2.75, 3.05) is 18.6 Å². The topological polar surface area (TPSA) is 113 Å². The lowest BCUT2D eigenvalue weighted by atomic mass is 10.2.